The molecule has 5 rings (SSSR count). The Balaban J connectivity index is 1.74. The van der Waals surface area contributed by atoms with E-state index in [1.165, 1.54) is 63.2 Å². The number of hydrogen-bond acceptors (Lipinski definition) is 12. The van der Waals surface area contributed by atoms with E-state index in [0.29, 0.717) is 5.56 Å². The zero-order chi connectivity index (χ0) is 44.9. The number of ether oxygens (including phenoxy) is 2. The van der Waals surface area contributed by atoms with E-state index in [0.717, 1.165) is 9.80 Å². The van der Waals surface area contributed by atoms with Gasteiger partial charge >= 0.3 is 35.8 Å². The minimum absolute atomic E-state index is 0.0129. The lowest BCUT2D eigenvalue weighted by Gasteiger charge is -2.30. The van der Waals surface area contributed by atoms with Crippen LogP contribution in [0, 0.1) is 13.8 Å². The molecule has 6 N–H and O–H groups in total. The Labute approximate surface area is 346 Å². The van der Waals surface area contributed by atoms with Crippen molar-refractivity contribution in [2.24, 2.45) is 0 Å². The van der Waals surface area contributed by atoms with Gasteiger partial charge in [-0.1, -0.05) is 24.3 Å². The second kappa shape index (κ2) is 18.5. The van der Waals surface area contributed by atoms with Crippen LogP contribution in [0.1, 0.15) is 47.3 Å². The van der Waals surface area contributed by atoms with Gasteiger partial charge in [0.1, 0.15) is 61.2 Å². The number of anilines is 2. The number of aromatic carboxylic acids is 1. The van der Waals surface area contributed by atoms with Gasteiger partial charge in [-0.3, -0.25) is 19.2 Å². The molecule has 320 valence electrons. The van der Waals surface area contributed by atoms with Crippen molar-refractivity contribution in [3.05, 3.63) is 93.1 Å². The van der Waals surface area contributed by atoms with Crippen LogP contribution in [-0.2, 0) is 30.4 Å². The molecule has 0 radical (unpaired) electrons. The van der Waals surface area contributed by atoms with Crippen molar-refractivity contribution in [1.29, 1.82) is 0 Å². The summed E-state index contributed by atoms with van der Waals surface area (Å²) in [7, 11) is 0. The van der Waals surface area contributed by atoms with Crippen molar-refractivity contribution >= 4 is 58.2 Å². The maximum absolute atomic E-state index is 13.5. The molecular formula is C43H42N2O16. The quantitative estimate of drug-likeness (QED) is 0.0440. The molecule has 2 unspecified atom stereocenters. The van der Waals surface area contributed by atoms with E-state index in [9.17, 15) is 64.2 Å². The van der Waals surface area contributed by atoms with Crippen LogP contribution in [0.15, 0.2) is 69.9 Å². The zero-order valence-electron chi connectivity index (χ0n) is 33.3. The van der Waals surface area contributed by atoms with Gasteiger partial charge in [-0.05, 0) is 75.6 Å². The van der Waals surface area contributed by atoms with Crippen molar-refractivity contribution in [2.45, 2.75) is 52.6 Å². The zero-order valence-corrected chi connectivity index (χ0v) is 33.3. The highest BCUT2D eigenvalue weighted by Crippen LogP contribution is 2.46. The van der Waals surface area contributed by atoms with Gasteiger partial charge in [0.2, 0.25) is 0 Å². The molecule has 1 heterocycles. The highest BCUT2D eigenvalue weighted by molar-refractivity contribution is 6.09. The molecule has 18 heteroatoms. The Kier molecular flexibility index (Phi) is 13.5. The first-order valence-corrected chi connectivity index (χ1v) is 18.7. The Morgan fingerprint density at radius 2 is 1.26 bits per heavy atom. The van der Waals surface area contributed by atoms with Crippen molar-refractivity contribution < 1.29 is 73.3 Å². The lowest BCUT2D eigenvalue weighted by atomic mass is 9.87. The first-order valence-electron chi connectivity index (χ1n) is 18.7. The first kappa shape index (κ1) is 44.5. The maximum Gasteiger partial charge on any atom is 0.336 e. The molecule has 0 spiro atoms. The second-order valence-corrected chi connectivity index (χ2v) is 14.1. The largest absolute Gasteiger partial charge is 0.488 e. The summed E-state index contributed by atoms with van der Waals surface area (Å²) >= 11 is 0. The summed E-state index contributed by atoms with van der Waals surface area (Å²) in [5.74, 6) is -7.79. The average Bonchev–Trinajstić information content (AvgIpc) is 3.20. The number of aryl methyl sites for hydroxylation is 2. The van der Waals surface area contributed by atoms with Crippen LogP contribution in [0.3, 0.4) is 0 Å². The molecule has 0 amide bonds. The van der Waals surface area contributed by atoms with Crippen molar-refractivity contribution in [3.8, 4) is 33.9 Å². The van der Waals surface area contributed by atoms with Gasteiger partial charge in [-0.25, -0.2) is 14.4 Å². The van der Waals surface area contributed by atoms with Crippen LogP contribution in [0.25, 0.3) is 33.4 Å². The highest BCUT2D eigenvalue weighted by atomic mass is 16.5. The Hall–Kier alpha value is -7.63. The van der Waals surface area contributed by atoms with Crippen molar-refractivity contribution in [3.63, 3.8) is 0 Å². The Bertz CT molecular complexity index is 2580. The molecule has 3 aromatic carbocycles. The monoisotopic (exact) mass is 842 g/mol. The molecule has 18 nitrogen and oxygen atoms in total. The molecule has 2 atom stereocenters. The van der Waals surface area contributed by atoms with Gasteiger partial charge in [-0.15, -0.1) is 0 Å². The van der Waals surface area contributed by atoms with E-state index in [1.54, 1.807) is 25.1 Å². The molecular weight excluding hydrogens is 800 g/mol. The normalized spacial score (nSPS) is 12.1. The number of hydrogen-bond donors (Lipinski definition) is 6. The smallest absolute Gasteiger partial charge is 0.336 e. The average molecular weight is 843 g/mol. The van der Waals surface area contributed by atoms with E-state index in [4.69, 9.17) is 13.9 Å². The van der Waals surface area contributed by atoms with Crippen molar-refractivity contribution in [1.82, 2.24) is 0 Å². The number of carboxylic acids is 6. The van der Waals surface area contributed by atoms with Gasteiger partial charge in [0, 0.05) is 40.1 Å². The number of benzene rings is 4. The van der Waals surface area contributed by atoms with Gasteiger partial charge in [-0.2, -0.15) is 0 Å². The lowest BCUT2D eigenvalue weighted by molar-refractivity contribution is -0.140. The number of carbonyl (C=O) groups is 6. The molecule has 61 heavy (non-hydrogen) atoms. The number of carboxylic acid groups (broad SMARTS) is 6. The van der Waals surface area contributed by atoms with E-state index < -0.39 is 66.4 Å². The van der Waals surface area contributed by atoms with Crippen molar-refractivity contribution in [2.75, 3.05) is 36.1 Å². The van der Waals surface area contributed by atoms with Crippen LogP contribution < -0.4 is 24.7 Å². The van der Waals surface area contributed by atoms with Gasteiger partial charge in [0.25, 0.3) is 0 Å². The van der Waals surface area contributed by atoms with Crippen LogP contribution in [0.4, 0.5) is 11.4 Å². The summed E-state index contributed by atoms with van der Waals surface area (Å²) in [6.45, 7) is 3.68. The van der Waals surface area contributed by atoms with E-state index in [2.05, 4.69) is 0 Å². The van der Waals surface area contributed by atoms with Gasteiger partial charge < -0.3 is 54.3 Å². The standard InChI is InChI=1S/C43H42N2O16/c1-21-9-11-30(44(19-36(48)49)23(3)41(53)54)33(15-21)59-13-14-60-34-17-28-32(18-31(34)45(20-37(50)51)24(4)42(55)56)61-40-22(2)39(52)25(10-12-35(46)47)16-29(40)38(28)26-7-5-6-8-27(26)43(57)58/h5-9,11,15-18,23-24H,10,12-14,19-20H2,1-4H3,(H,46,47)(H,48,49)(H,50,51)(H,53,54)(H,55,56)(H,57,58). The Morgan fingerprint density at radius 3 is 1.82 bits per heavy atom. The van der Waals surface area contributed by atoms with Crippen LogP contribution in [0.5, 0.6) is 11.5 Å². The predicted molar refractivity (Wildman–Crippen MR) is 219 cm³/mol. The number of nitrogens with zero attached hydrogens (tertiary/aromatic N) is 2. The fourth-order valence-corrected chi connectivity index (χ4v) is 6.89. The van der Waals surface area contributed by atoms with Crippen LogP contribution in [0.2, 0.25) is 0 Å². The summed E-state index contributed by atoms with van der Waals surface area (Å²) in [4.78, 5) is 88.0. The summed E-state index contributed by atoms with van der Waals surface area (Å²) < 4.78 is 18.6. The van der Waals surface area contributed by atoms with E-state index in [-0.39, 0.29) is 99.0 Å². The summed E-state index contributed by atoms with van der Waals surface area (Å²) in [6.07, 6.45) is -0.532. The molecule has 0 bridgehead atoms. The summed E-state index contributed by atoms with van der Waals surface area (Å²) in [6, 6.07) is 12.2. The SMILES string of the molecule is Cc1ccc(N(CC(=O)O)C(C)C(=O)O)c(OCCOc2cc3c(-c4ccccc4C(=O)O)c4cc(CCC(=O)O)c(=O)c(C)c-4oc3cc2N(CC(=O)O)C(C)C(=O)O)c1. The topological polar surface area (TPSA) is 279 Å². The molecule has 3 aromatic rings. The fraction of sp³-hybridized carbons (Fsp3) is 0.279. The van der Waals surface area contributed by atoms with Gasteiger partial charge in [0.15, 0.2) is 5.43 Å². The third-order valence-corrected chi connectivity index (χ3v) is 9.98. The lowest BCUT2D eigenvalue weighted by Crippen LogP contribution is -2.42. The highest BCUT2D eigenvalue weighted by Gasteiger charge is 2.31. The molecule has 1 aliphatic carbocycles. The maximum atomic E-state index is 13.5. The third kappa shape index (κ3) is 9.81. The Morgan fingerprint density at radius 1 is 0.689 bits per heavy atom. The van der Waals surface area contributed by atoms with Crippen LogP contribution >= 0.6 is 0 Å². The molecule has 1 aliphatic heterocycles. The number of rotatable bonds is 20. The molecule has 0 aromatic heterocycles. The minimum Gasteiger partial charge on any atom is -0.488 e. The fourth-order valence-electron chi connectivity index (χ4n) is 6.89. The summed E-state index contributed by atoms with van der Waals surface area (Å²) in [5.41, 5.74) is 0.924. The number of fused-ring (bicyclic) bond motifs is 2. The third-order valence-electron chi connectivity index (χ3n) is 9.98. The van der Waals surface area contributed by atoms with Gasteiger partial charge in [0.05, 0.1) is 16.9 Å². The molecule has 0 saturated heterocycles. The predicted octanol–water partition coefficient (Wildman–Crippen LogP) is 5.08. The first-order chi connectivity index (χ1) is 28.8. The number of aliphatic carboxylic acids is 5. The minimum atomic E-state index is -1.46. The summed E-state index contributed by atoms with van der Waals surface area (Å²) in [5, 5.41) is 59.1. The second-order valence-electron chi connectivity index (χ2n) is 14.1. The molecule has 0 fully saturated rings. The van der Waals surface area contributed by atoms with Crippen LogP contribution in [-0.4, -0.2) is 105 Å². The van der Waals surface area contributed by atoms with E-state index >= 15 is 0 Å². The molecule has 2 aliphatic rings. The van der Waals surface area contributed by atoms with E-state index in [1.807, 2.05) is 0 Å². The molecule has 0 saturated carbocycles.